The van der Waals surface area contributed by atoms with Crippen molar-refractivity contribution < 1.29 is 15.3 Å². The fourth-order valence-corrected chi connectivity index (χ4v) is 3.45. The van der Waals surface area contributed by atoms with Gasteiger partial charge in [0, 0.05) is 24.8 Å². The van der Waals surface area contributed by atoms with Gasteiger partial charge in [0.05, 0.1) is 12.1 Å². The average Bonchev–Trinajstić information content (AvgIpc) is 2.69. The molecular weight excluding hydrogens is 204 g/mol. The summed E-state index contributed by atoms with van der Waals surface area (Å²) in [5.41, 5.74) is 0. The number of aliphatic hydroxyl groups is 3. The van der Waals surface area contributed by atoms with Gasteiger partial charge in [-0.2, -0.15) is 0 Å². The normalized spacial score (nSPS) is 49.4. The first-order valence-electron chi connectivity index (χ1n) is 4.56. The number of aliphatic imine (C=N–C) groups is 1. The van der Waals surface area contributed by atoms with Crippen molar-refractivity contribution in [3.63, 3.8) is 0 Å². The van der Waals surface area contributed by atoms with Gasteiger partial charge in [0.25, 0.3) is 0 Å². The fourth-order valence-electron chi connectivity index (χ4n) is 2.08. The minimum absolute atomic E-state index is 0.0173. The van der Waals surface area contributed by atoms with Crippen LogP contribution in [0.4, 0.5) is 0 Å². The molecule has 0 spiro atoms. The van der Waals surface area contributed by atoms with Crippen molar-refractivity contribution in [1.29, 1.82) is 0 Å². The van der Waals surface area contributed by atoms with E-state index in [1.165, 1.54) is 11.8 Å². The van der Waals surface area contributed by atoms with Gasteiger partial charge < -0.3 is 20.6 Å². The van der Waals surface area contributed by atoms with Crippen molar-refractivity contribution in [2.45, 2.75) is 23.5 Å². The minimum atomic E-state index is -0.839. The van der Waals surface area contributed by atoms with Gasteiger partial charge in [0.2, 0.25) is 0 Å². The number of thioether (sulfide) groups is 1. The van der Waals surface area contributed by atoms with Gasteiger partial charge in [-0.15, -0.1) is 0 Å². The van der Waals surface area contributed by atoms with E-state index in [4.69, 9.17) is 5.11 Å². The molecule has 1 saturated heterocycles. The molecule has 5 atom stereocenters. The van der Waals surface area contributed by atoms with Gasteiger partial charge in [-0.25, -0.2) is 0 Å². The zero-order chi connectivity index (χ0) is 10.3. The highest BCUT2D eigenvalue weighted by Gasteiger charge is 2.53. The van der Waals surface area contributed by atoms with Crippen molar-refractivity contribution in [3.05, 3.63) is 0 Å². The van der Waals surface area contributed by atoms with Gasteiger partial charge in [-0.1, -0.05) is 11.8 Å². The van der Waals surface area contributed by atoms with Gasteiger partial charge in [-0.3, -0.25) is 4.99 Å². The van der Waals surface area contributed by atoms with Gasteiger partial charge in [-0.05, 0) is 0 Å². The quantitative estimate of drug-likeness (QED) is 0.425. The first kappa shape index (κ1) is 10.2. The standard InChI is InChI=1S/C8H14N2O3S/c1-9-8-10-4-6(13)5(12)3(2-11)7(4)14-8/h3-7,11-13H,2H2,1H3,(H,9,10). The summed E-state index contributed by atoms with van der Waals surface area (Å²) in [4.78, 5) is 3.99. The van der Waals surface area contributed by atoms with E-state index in [2.05, 4.69) is 10.3 Å². The molecular formula is C8H14N2O3S. The lowest BCUT2D eigenvalue weighted by Gasteiger charge is -2.17. The predicted molar refractivity (Wildman–Crippen MR) is 54.3 cm³/mol. The van der Waals surface area contributed by atoms with Crippen LogP contribution in [0.1, 0.15) is 0 Å². The Bertz CT molecular complexity index is 261. The smallest absolute Gasteiger partial charge is 0.156 e. The van der Waals surface area contributed by atoms with Crippen molar-refractivity contribution >= 4 is 16.9 Å². The van der Waals surface area contributed by atoms with E-state index in [0.717, 1.165) is 5.17 Å². The largest absolute Gasteiger partial charge is 0.396 e. The van der Waals surface area contributed by atoms with E-state index in [1.54, 1.807) is 7.05 Å². The molecule has 1 heterocycles. The first-order chi connectivity index (χ1) is 6.69. The zero-order valence-electron chi connectivity index (χ0n) is 7.79. The summed E-state index contributed by atoms with van der Waals surface area (Å²) in [5, 5.41) is 32.2. The Hall–Kier alpha value is -0.300. The molecule has 14 heavy (non-hydrogen) atoms. The highest BCUT2D eigenvalue weighted by Crippen LogP contribution is 2.40. The number of aliphatic hydroxyl groups excluding tert-OH is 3. The van der Waals surface area contributed by atoms with Crippen molar-refractivity contribution in [2.75, 3.05) is 13.7 Å². The molecule has 0 bridgehead atoms. The van der Waals surface area contributed by atoms with Crippen LogP contribution in [-0.2, 0) is 0 Å². The molecule has 0 aromatic rings. The Morgan fingerprint density at radius 1 is 1.43 bits per heavy atom. The Balaban J connectivity index is 2.18. The summed E-state index contributed by atoms with van der Waals surface area (Å²) in [7, 11) is 1.67. The minimum Gasteiger partial charge on any atom is -0.396 e. The molecule has 6 heteroatoms. The molecule has 80 valence electrons. The van der Waals surface area contributed by atoms with Gasteiger partial charge in [0.15, 0.2) is 5.17 Å². The maximum Gasteiger partial charge on any atom is 0.156 e. The summed E-state index contributed by atoms with van der Waals surface area (Å²) >= 11 is 1.48. The summed E-state index contributed by atoms with van der Waals surface area (Å²) in [5.74, 6) is -0.272. The maximum atomic E-state index is 9.69. The van der Waals surface area contributed by atoms with E-state index >= 15 is 0 Å². The van der Waals surface area contributed by atoms with Crippen LogP contribution in [0, 0.1) is 5.92 Å². The molecule has 0 radical (unpaired) electrons. The molecule has 4 N–H and O–H groups in total. The Labute approximate surface area is 86.2 Å². The average molecular weight is 218 g/mol. The van der Waals surface area contributed by atoms with Crippen LogP contribution in [0.2, 0.25) is 0 Å². The SMILES string of the molecule is CN=C1NC2C(O)C(O)C(CO)C2S1. The highest BCUT2D eigenvalue weighted by atomic mass is 32.2. The number of hydrogen-bond donors (Lipinski definition) is 4. The van der Waals surface area contributed by atoms with E-state index < -0.39 is 12.2 Å². The lowest BCUT2D eigenvalue weighted by molar-refractivity contribution is 0.00147. The molecule has 2 aliphatic rings. The third-order valence-electron chi connectivity index (χ3n) is 2.88. The van der Waals surface area contributed by atoms with E-state index in [0.29, 0.717) is 0 Å². The fraction of sp³-hybridized carbons (Fsp3) is 0.875. The van der Waals surface area contributed by atoms with Crippen LogP contribution >= 0.6 is 11.8 Å². The second-order valence-corrected chi connectivity index (χ2v) is 4.78. The van der Waals surface area contributed by atoms with E-state index in [-0.39, 0.29) is 23.8 Å². The number of nitrogens with one attached hydrogen (secondary N) is 1. The summed E-state index contributed by atoms with van der Waals surface area (Å²) < 4.78 is 0. The van der Waals surface area contributed by atoms with Crippen LogP contribution in [0.25, 0.3) is 0 Å². The van der Waals surface area contributed by atoms with Gasteiger partial charge >= 0.3 is 0 Å². The summed E-state index contributed by atoms with van der Waals surface area (Å²) in [6.45, 7) is -0.106. The monoisotopic (exact) mass is 218 g/mol. The number of fused-ring (bicyclic) bond motifs is 1. The first-order valence-corrected chi connectivity index (χ1v) is 5.44. The zero-order valence-corrected chi connectivity index (χ0v) is 8.61. The molecule has 1 aliphatic carbocycles. The van der Waals surface area contributed by atoms with Crippen LogP contribution in [0.5, 0.6) is 0 Å². The van der Waals surface area contributed by atoms with Crippen LogP contribution < -0.4 is 5.32 Å². The Kier molecular flexibility index (Phi) is 2.70. The summed E-state index contributed by atoms with van der Waals surface area (Å²) in [6, 6.07) is -0.189. The second kappa shape index (κ2) is 3.69. The third kappa shape index (κ3) is 1.33. The van der Waals surface area contributed by atoms with Crippen molar-refractivity contribution in [1.82, 2.24) is 5.32 Å². The lowest BCUT2D eigenvalue weighted by atomic mass is 10.1. The topological polar surface area (TPSA) is 85.1 Å². The Morgan fingerprint density at radius 3 is 2.71 bits per heavy atom. The van der Waals surface area contributed by atoms with E-state index in [9.17, 15) is 10.2 Å². The number of rotatable bonds is 1. The molecule has 0 amide bonds. The number of nitrogens with zero attached hydrogens (tertiary/aromatic N) is 1. The molecule has 1 saturated carbocycles. The molecule has 2 fully saturated rings. The van der Waals surface area contributed by atoms with Crippen molar-refractivity contribution in [2.24, 2.45) is 10.9 Å². The summed E-state index contributed by atoms with van der Waals surface area (Å²) in [6.07, 6.45) is -1.66. The Morgan fingerprint density at radius 2 is 2.14 bits per heavy atom. The lowest BCUT2D eigenvalue weighted by Crippen LogP contribution is -2.40. The molecule has 0 aromatic heterocycles. The third-order valence-corrected chi connectivity index (χ3v) is 4.32. The van der Waals surface area contributed by atoms with Crippen molar-refractivity contribution in [3.8, 4) is 0 Å². The molecule has 5 unspecified atom stereocenters. The number of hydrogen-bond acceptors (Lipinski definition) is 5. The van der Waals surface area contributed by atoms with Crippen LogP contribution in [0.3, 0.4) is 0 Å². The van der Waals surface area contributed by atoms with Crippen LogP contribution in [-0.4, -0.2) is 57.6 Å². The second-order valence-electron chi connectivity index (χ2n) is 3.61. The molecule has 1 aliphatic heterocycles. The highest BCUT2D eigenvalue weighted by molar-refractivity contribution is 8.14. The van der Waals surface area contributed by atoms with E-state index in [1.807, 2.05) is 0 Å². The molecule has 0 aromatic carbocycles. The number of amidine groups is 1. The molecule has 2 rings (SSSR count). The predicted octanol–water partition coefficient (Wildman–Crippen LogP) is -1.61. The van der Waals surface area contributed by atoms with Gasteiger partial charge in [0.1, 0.15) is 6.10 Å². The molecule has 5 nitrogen and oxygen atoms in total. The maximum absolute atomic E-state index is 9.69. The van der Waals surface area contributed by atoms with Crippen LogP contribution in [0.15, 0.2) is 4.99 Å².